The highest BCUT2D eigenvalue weighted by Crippen LogP contribution is 2.26. The molecule has 1 aromatic rings. The summed E-state index contributed by atoms with van der Waals surface area (Å²) >= 11 is 0. The van der Waals surface area contributed by atoms with Gasteiger partial charge in [-0.15, -0.1) is 0 Å². The lowest BCUT2D eigenvalue weighted by Gasteiger charge is -2.20. The highest BCUT2D eigenvalue weighted by molar-refractivity contribution is 5.94. The molecule has 1 aliphatic carbocycles. The van der Waals surface area contributed by atoms with E-state index in [0.29, 0.717) is 31.3 Å². The molecule has 104 valence electrons. The summed E-state index contributed by atoms with van der Waals surface area (Å²) in [5, 5.41) is 0. The quantitative estimate of drug-likeness (QED) is 0.674. The van der Waals surface area contributed by atoms with Crippen molar-refractivity contribution in [3.63, 3.8) is 0 Å². The lowest BCUT2D eigenvalue weighted by molar-refractivity contribution is 0.0940. The largest absolute Gasteiger partial charge is 0.383 e. The Morgan fingerprint density at radius 3 is 2.84 bits per heavy atom. The van der Waals surface area contributed by atoms with Crippen LogP contribution in [-0.2, 0) is 4.74 Å². The predicted molar refractivity (Wildman–Crippen MR) is 69.6 cm³/mol. The van der Waals surface area contributed by atoms with Gasteiger partial charge in [0.15, 0.2) is 5.78 Å². The summed E-state index contributed by atoms with van der Waals surface area (Å²) in [6.07, 6.45) is 3.90. The van der Waals surface area contributed by atoms with Crippen LogP contribution in [0.5, 0.6) is 0 Å². The molecule has 0 spiro atoms. The Hall–Kier alpha value is -1.33. The number of ketones is 1. The predicted octanol–water partition coefficient (Wildman–Crippen LogP) is 1.90. The van der Waals surface area contributed by atoms with Crippen molar-refractivity contribution in [1.82, 2.24) is 9.88 Å². The number of Topliss-reactive ketones (excluding diaryl/α,β-unsaturated/α-hetero) is 1. The molecule has 1 heterocycles. The fourth-order valence-corrected chi connectivity index (χ4v) is 2.04. The average molecular weight is 266 g/mol. The summed E-state index contributed by atoms with van der Waals surface area (Å²) in [7, 11) is 1.68. The number of carbonyl (C=O) groups excluding carboxylic acids is 1. The van der Waals surface area contributed by atoms with E-state index in [1.807, 2.05) is 0 Å². The van der Waals surface area contributed by atoms with E-state index in [9.17, 15) is 9.18 Å². The molecule has 2 rings (SSSR count). The Labute approximate surface area is 112 Å². The zero-order valence-electron chi connectivity index (χ0n) is 11.1. The van der Waals surface area contributed by atoms with Crippen LogP contribution in [0.3, 0.4) is 0 Å². The van der Waals surface area contributed by atoms with E-state index in [2.05, 4.69) is 9.88 Å². The second kappa shape index (κ2) is 6.73. The van der Waals surface area contributed by atoms with Crippen molar-refractivity contribution < 1.29 is 13.9 Å². The van der Waals surface area contributed by atoms with Crippen LogP contribution in [0.25, 0.3) is 0 Å². The molecule has 0 atom stereocenters. The Bertz CT molecular complexity index is 418. The van der Waals surface area contributed by atoms with Crippen LogP contribution in [0.2, 0.25) is 0 Å². The fourth-order valence-electron chi connectivity index (χ4n) is 2.04. The van der Waals surface area contributed by atoms with Gasteiger partial charge in [-0.25, -0.2) is 4.39 Å². The van der Waals surface area contributed by atoms with Crippen molar-refractivity contribution in [3.05, 3.63) is 29.8 Å². The SMILES string of the molecule is COCCN(CCC(=O)c1ccc(F)cn1)C1CC1. The molecular formula is C14H19FN2O2. The minimum atomic E-state index is -0.420. The third kappa shape index (κ3) is 4.36. The summed E-state index contributed by atoms with van der Waals surface area (Å²) in [6, 6.07) is 3.31. The van der Waals surface area contributed by atoms with E-state index in [1.165, 1.54) is 25.0 Å². The monoisotopic (exact) mass is 266 g/mol. The van der Waals surface area contributed by atoms with Crippen LogP contribution >= 0.6 is 0 Å². The first-order valence-corrected chi connectivity index (χ1v) is 6.58. The third-order valence-corrected chi connectivity index (χ3v) is 3.29. The van der Waals surface area contributed by atoms with Gasteiger partial charge in [-0.05, 0) is 25.0 Å². The van der Waals surface area contributed by atoms with Crippen LogP contribution in [0, 0.1) is 5.82 Å². The fraction of sp³-hybridized carbons (Fsp3) is 0.571. The van der Waals surface area contributed by atoms with Crippen molar-refractivity contribution in [1.29, 1.82) is 0 Å². The molecule has 4 nitrogen and oxygen atoms in total. The number of methoxy groups -OCH3 is 1. The van der Waals surface area contributed by atoms with E-state index in [1.54, 1.807) is 7.11 Å². The topological polar surface area (TPSA) is 42.4 Å². The van der Waals surface area contributed by atoms with Crippen molar-refractivity contribution >= 4 is 5.78 Å². The lowest BCUT2D eigenvalue weighted by atomic mass is 10.2. The molecular weight excluding hydrogens is 247 g/mol. The Balaban J connectivity index is 1.82. The maximum Gasteiger partial charge on any atom is 0.182 e. The molecule has 0 aliphatic heterocycles. The molecule has 1 fully saturated rings. The first-order valence-electron chi connectivity index (χ1n) is 6.58. The standard InChI is InChI=1S/C14H19FN2O2/c1-19-9-8-17(12-3-4-12)7-6-14(18)13-5-2-11(15)10-16-13/h2,5,10,12H,3-4,6-9H2,1H3. The number of hydrogen-bond donors (Lipinski definition) is 0. The highest BCUT2D eigenvalue weighted by Gasteiger charge is 2.28. The molecule has 0 N–H and O–H groups in total. The zero-order chi connectivity index (χ0) is 13.7. The summed E-state index contributed by atoms with van der Waals surface area (Å²) in [5.41, 5.74) is 0.337. The van der Waals surface area contributed by atoms with E-state index < -0.39 is 5.82 Å². The van der Waals surface area contributed by atoms with E-state index in [4.69, 9.17) is 4.74 Å². The number of rotatable bonds is 8. The first-order chi connectivity index (χ1) is 9.20. The Kier molecular flexibility index (Phi) is 4.99. The molecule has 5 heteroatoms. The van der Waals surface area contributed by atoms with Crippen LogP contribution in [0.4, 0.5) is 4.39 Å². The van der Waals surface area contributed by atoms with Gasteiger partial charge in [0, 0.05) is 32.7 Å². The normalized spacial score (nSPS) is 14.9. The first kappa shape index (κ1) is 14.1. The van der Waals surface area contributed by atoms with Crippen molar-refractivity contribution in [2.45, 2.75) is 25.3 Å². The second-order valence-electron chi connectivity index (χ2n) is 4.79. The van der Waals surface area contributed by atoms with Crippen molar-refractivity contribution in [2.75, 3.05) is 26.8 Å². The molecule has 1 aromatic heterocycles. The number of nitrogens with zero attached hydrogens (tertiary/aromatic N) is 2. The second-order valence-corrected chi connectivity index (χ2v) is 4.79. The number of halogens is 1. The summed E-state index contributed by atoms with van der Waals surface area (Å²) in [4.78, 5) is 18.0. The van der Waals surface area contributed by atoms with Crippen molar-refractivity contribution in [3.8, 4) is 0 Å². The van der Waals surface area contributed by atoms with Gasteiger partial charge in [0.05, 0.1) is 12.8 Å². The van der Waals surface area contributed by atoms with Crippen LogP contribution < -0.4 is 0 Å². The average Bonchev–Trinajstić information content (AvgIpc) is 3.24. The van der Waals surface area contributed by atoms with Gasteiger partial charge < -0.3 is 4.74 Å². The molecule has 0 saturated heterocycles. The minimum absolute atomic E-state index is 0.0388. The van der Waals surface area contributed by atoms with Gasteiger partial charge in [0.2, 0.25) is 0 Å². The van der Waals surface area contributed by atoms with Gasteiger partial charge in [0.1, 0.15) is 11.5 Å². The summed E-state index contributed by atoms with van der Waals surface area (Å²) in [6.45, 7) is 2.25. The number of aromatic nitrogens is 1. The summed E-state index contributed by atoms with van der Waals surface area (Å²) in [5.74, 6) is -0.459. The van der Waals surface area contributed by atoms with E-state index >= 15 is 0 Å². The molecule has 1 saturated carbocycles. The van der Waals surface area contributed by atoms with E-state index in [-0.39, 0.29) is 5.78 Å². The minimum Gasteiger partial charge on any atom is -0.383 e. The molecule has 0 unspecified atom stereocenters. The Morgan fingerprint density at radius 2 is 2.26 bits per heavy atom. The zero-order valence-corrected chi connectivity index (χ0v) is 11.1. The van der Waals surface area contributed by atoms with Crippen molar-refractivity contribution in [2.24, 2.45) is 0 Å². The molecule has 0 radical (unpaired) electrons. The van der Waals surface area contributed by atoms with Gasteiger partial charge in [-0.3, -0.25) is 14.7 Å². The van der Waals surface area contributed by atoms with E-state index in [0.717, 1.165) is 12.7 Å². The van der Waals surface area contributed by atoms with Gasteiger partial charge in [-0.1, -0.05) is 0 Å². The van der Waals surface area contributed by atoms with Crippen LogP contribution in [0.15, 0.2) is 18.3 Å². The molecule has 0 amide bonds. The maximum absolute atomic E-state index is 12.7. The van der Waals surface area contributed by atoms with Crippen LogP contribution in [0.1, 0.15) is 29.8 Å². The van der Waals surface area contributed by atoms with Gasteiger partial charge >= 0.3 is 0 Å². The number of pyridine rings is 1. The molecule has 19 heavy (non-hydrogen) atoms. The highest BCUT2D eigenvalue weighted by atomic mass is 19.1. The van der Waals surface area contributed by atoms with Gasteiger partial charge in [-0.2, -0.15) is 0 Å². The molecule has 0 aromatic carbocycles. The van der Waals surface area contributed by atoms with Crippen LogP contribution in [-0.4, -0.2) is 48.5 Å². The third-order valence-electron chi connectivity index (χ3n) is 3.29. The number of carbonyl (C=O) groups is 1. The number of hydrogen-bond acceptors (Lipinski definition) is 4. The lowest BCUT2D eigenvalue weighted by Crippen LogP contribution is -2.31. The molecule has 1 aliphatic rings. The van der Waals surface area contributed by atoms with Gasteiger partial charge in [0.25, 0.3) is 0 Å². The number of ether oxygens (including phenoxy) is 1. The maximum atomic E-state index is 12.7. The Morgan fingerprint density at radius 1 is 1.47 bits per heavy atom. The smallest absolute Gasteiger partial charge is 0.182 e. The summed E-state index contributed by atoms with van der Waals surface area (Å²) < 4.78 is 17.8. The molecule has 0 bridgehead atoms.